The maximum atomic E-state index is 12.4. The molecule has 4 heteroatoms. The van der Waals surface area contributed by atoms with Gasteiger partial charge in [0.25, 0.3) is 0 Å². The second-order valence-corrected chi connectivity index (χ2v) is 9.87. The Hall–Kier alpha value is -1.00. The first kappa shape index (κ1) is 25.3. The molecule has 2 N–H and O–H groups in total. The minimum atomic E-state index is -0.0631. The van der Waals surface area contributed by atoms with E-state index >= 15 is 0 Å². The van der Waals surface area contributed by atoms with Crippen LogP contribution in [0.1, 0.15) is 108 Å². The van der Waals surface area contributed by atoms with Gasteiger partial charge >= 0.3 is 0 Å². The summed E-state index contributed by atoms with van der Waals surface area (Å²) >= 11 is 1.82. The Morgan fingerprint density at radius 3 is 1.97 bits per heavy atom. The van der Waals surface area contributed by atoms with Crippen molar-refractivity contribution in [2.45, 2.75) is 108 Å². The van der Waals surface area contributed by atoms with Gasteiger partial charge in [-0.2, -0.15) is 0 Å². The van der Waals surface area contributed by atoms with Crippen molar-refractivity contribution < 1.29 is 4.79 Å². The molecule has 30 heavy (non-hydrogen) atoms. The van der Waals surface area contributed by atoms with Gasteiger partial charge in [-0.3, -0.25) is 10.1 Å². The van der Waals surface area contributed by atoms with Crippen LogP contribution in [0.5, 0.6) is 0 Å². The lowest BCUT2D eigenvalue weighted by molar-refractivity contribution is -0.122. The van der Waals surface area contributed by atoms with Crippen molar-refractivity contribution in [1.29, 1.82) is 0 Å². The molecule has 0 aliphatic carbocycles. The molecule has 1 aromatic carbocycles. The van der Waals surface area contributed by atoms with Gasteiger partial charge in [0, 0.05) is 12.3 Å². The molecule has 1 fully saturated rings. The zero-order chi connectivity index (χ0) is 21.3. The quantitative estimate of drug-likeness (QED) is 0.261. The smallest absolute Gasteiger partial charge is 0.238 e. The molecule has 1 aliphatic heterocycles. The van der Waals surface area contributed by atoms with E-state index in [2.05, 4.69) is 41.8 Å². The number of amides is 1. The molecule has 2 rings (SSSR count). The Morgan fingerprint density at radius 2 is 1.40 bits per heavy atom. The lowest BCUT2D eigenvalue weighted by Crippen LogP contribution is -2.42. The summed E-state index contributed by atoms with van der Waals surface area (Å²) in [6.45, 7) is 3.10. The molecule has 1 aliphatic rings. The van der Waals surface area contributed by atoms with Crippen LogP contribution in [0.3, 0.4) is 0 Å². The molecule has 1 amide bonds. The third-order valence-electron chi connectivity index (χ3n) is 6.03. The van der Waals surface area contributed by atoms with E-state index in [1.165, 1.54) is 89.0 Å². The summed E-state index contributed by atoms with van der Waals surface area (Å²) in [6.07, 6.45) is 19.1. The number of carbonyl (C=O) groups excluding carboxylic acids is 1. The molecule has 1 saturated heterocycles. The first-order valence-corrected chi connectivity index (χ1v) is 13.6. The fraction of sp³-hybridized carbons (Fsp3) is 0.731. The number of nitrogens with one attached hydrogen (secondary N) is 2. The van der Waals surface area contributed by atoms with Gasteiger partial charge in [0.1, 0.15) is 0 Å². The van der Waals surface area contributed by atoms with Gasteiger partial charge in [-0.05, 0) is 12.0 Å². The van der Waals surface area contributed by atoms with Crippen LogP contribution in [-0.2, 0) is 4.79 Å². The van der Waals surface area contributed by atoms with Crippen LogP contribution in [0, 0.1) is 0 Å². The van der Waals surface area contributed by atoms with E-state index in [1.807, 2.05) is 17.8 Å². The average Bonchev–Trinajstić information content (AvgIpc) is 3.27. The molecule has 2 unspecified atom stereocenters. The summed E-state index contributed by atoms with van der Waals surface area (Å²) in [6, 6.07) is 10.3. The standard InChI is InChI=1S/C26H44N2OS/c1-2-3-4-5-6-7-8-9-10-11-12-13-14-18-21-27-25(29)24-22-30-26(28-24)23-19-16-15-17-20-23/h15-17,19-20,24,26,28H,2-14,18,21-22H2,1H3,(H,27,29). The van der Waals surface area contributed by atoms with E-state index in [9.17, 15) is 4.79 Å². The molecular weight excluding hydrogens is 388 g/mol. The Kier molecular flexibility index (Phi) is 14.0. The summed E-state index contributed by atoms with van der Waals surface area (Å²) in [4.78, 5) is 12.4. The number of thioether (sulfide) groups is 1. The monoisotopic (exact) mass is 432 g/mol. The minimum Gasteiger partial charge on any atom is -0.355 e. The Morgan fingerprint density at radius 1 is 0.867 bits per heavy atom. The molecule has 1 heterocycles. The van der Waals surface area contributed by atoms with Crippen LogP contribution in [0.25, 0.3) is 0 Å². The predicted octanol–water partition coefficient (Wildman–Crippen LogP) is 6.99. The lowest BCUT2D eigenvalue weighted by Gasteiger charge is -2.13. The second kappa shape index (κ2) is 16.7. The zero-order valence-corrected chi connectivity index (χ0v) is 20.0. The normalized spacial score (nSPS) is 18.6. The SMILES string of the molecule is CCCCCCCCCCCCCCCCNC(=O)C1CSC(c2ccccc2)N1. The van der Waals surface area contributed by atoms with Crippen molar-refractivity contribution in [3.8, 4) is 0 Å². The number of rotatable bonds is 17. The molecule has 0 bridgehead atoms. The largest absolute Gasteiger partial charge is 0.355 e. The van der Waals surface area contributed by atoms with Crippen molar-refractivity contribution in [2.24, 2.45) is 0 Å². The lowest BCUT2D eigenvalue weighted by atomic mass is 10.0. The predicted molar refractivity (Wildman–Crippen MR) is 132 cm³/mol. The van der Waals surface area contributed by atoms with E-state index < -0.39 is 0 Å². The molecular formula is C26H44N2OS. The maximum Gasteiger partial charge on any atom is 0.238 e. The molecule has 0 saturated carbocycles. The van der Waals surface area contributed by atoms with Gasteiger partial charge in [-0.15, -0.1) is 11.8 Å². The molecule has 170 valence electrons. The number of unbranched alkanes of at least 4 members (excludes halogenated alkanes) is 13. The second-order valence-electron chi connectivity index (χ2n) is 8.73. The third-order valence-corrected chi connectivity index (χ3v) is 7.30. The van der Waals surface area contributed by atoms with E-state index in [-0.39, 0.29) is 17.3 Å². The zero-order valence-electron chi connectivity index (χ0n) is 19.2. The van der Waals surface area contributed by atoms with Crippen LogP contribution < -0.4 is 10.6 Å². The highest BCUT2D eigenvalue weighted by Gasteiger charge is 2.30. The first-order chi connectivity index (χ1) is 14.8. The Balaban J connectivity index is 1.36. The number of hydrogen-bond acceptors (Lipinski definition) is 3. The van der Waals surface area contributed by atoms with Gasteiger partial charge in [0.15, 0.2) is 0 Å². The average molecular weight is 433 g/mol. The van der Waals surface area contributed by atoms with Crippen LogP contribution in [-0.4, -0.2) is 24.2 Å². The van der Waals surface area contributed by atoms with Gasteiger partial charge in [-0.1, -0.05) is 121 Å². The van der Waals surface area contributed by atoms with Crippen molar-refractivity contribution in [2.75, 3.05) is 12.3 Å². The van der Waals surface area contributed by atoms with Crippen LogP contribution in [0.15, 0.2) is 30.3 Å². The van der Waals surface area contributed by atoms with Gasteiger partial charge in [0.2, 0.25) is 5.91 Å². The van der Waals surface area contributed by atoms with E-state index in [0.717, 1.165) is 18.7 Å². The molecule has 2 atom stereocenters. The van der Waals surface area contributed by atoms with Crippen molar-refractivity contribution in [3.05, 3.63) is 35.9 Å². The summed E-state index contributed by atoms with van der Waals surface area (Å²) in [5.74, 6) is 1.01. The van der Waals surface area contributed by atoms with Crippen molar-refractivity contribution in [1.82, 2.24) is 10.6 Å². The summed E-state index contributed by atoms with van der Waals surface area (Å²) in [5, 5.41) is 6.82. The third kappa shape index (κ3) is 10.9. The highest BCUT2D eigenvalue weighted by Crippen LogP contribution is 2.32. The fourth-order valence-electron chi connectivity index (χ4n) is 4.10. The van der Waals surface area contributed by atoms with Gasteiger partial charge in [-0.25, -0.2) is 0 Å². The number of carbonyl (C=O) groups is 1. The highest BCUT2D eigenvalue weighted by molar-refractivity contribution is 7.99. The van der Waals surface area contributed by atoms with E-state index in [1.54, 1.807) is 0 Å². The van der Waals surface area contributed by atoms with Crippen LogP contribution in [0.4, 0.5) is 0 Å². The first-order valence-electron chi connectivity index (χ1n) is 12.5. The number of hydrogen-bond donors (Lipinski definition) is 2. The van der Waals surface area contributed by atoms with E-state index in [0.29, 0.717) is 0 Å². The topological polar surface area (TPSA) is 41.1 Å². The van der Waals surface area contributed by atoms with Crippen molar-refractivity contribution in [3.63, 3.8) is 0 Å². The van der Waals surface area contributed by atoms with Crippen LogP contribution >= 0.6 is 11.8 Å². The molecule has 0 spiro atoms. The fourth-order valence-corrected chi connectivity index (χ4v) is 5.34. The molecule has 0 aromatic heterocycles. The van der Waals surface area contributed by atoms with E-state index in [4.69, 9.17) is 0 Å². The summed E-state index contributed by atoms with van der Waals surface area (Å²) < 4.78 is 0. The number of benzene rings is 1. The summed E-state index contributed by atoms with van der Waals surface area (Å²) in [7, 11) is 0. The highest BCUT2D eigenvalue weighted by atomic mass is 32.2. The minimum absolute atomic E-state index is 0.0631. The maximum absolute atomic E-state index is 12.4. The van der Waals surface area contributed by atoms with Crippen molar-refractivity contribution >= 4 is 17.7 Å². The van der Waals surface area contributed by atoms with Gasteiger partial charge < -0.3 is 5.32 Å². The summed E-state index contributed by atoms with van der Waals surface area (Å²) in [5.41, 5.74) is 1.25. The Bertz CT molecular complexity index is 551. The molecule has 0 radical (unpaired) electrons. The van der Waals surface area contributed by atoms with Gasteiger partial charge in [0.05, 0.1) is 11.4 Å². The Labute approximate surface area is 189 Å². The molecule has 1 aromatic rings. The molecule has 3 nitrogen and oxygen atoms in total. The van der Waals surface area contributed by atoms with Crippen LogP contribution in [0.2, 0.25) is 0 Å².